The maximum Gasteiger partial charge on any atom is 0.312 e. The number of likely N-dealkylation sites (N-methyl/N-ethyl adjacent to an activating group) is 1. The standard InChI is InChI=1S/C14H24N4O3.ClH/c1-3-16-6-7-17(13(21)12(16)20)8-11(19)18-5-4-14(2,9-15)10-18;/h3-10,15H2,1-2H3;1H. The largest absolute Gasteiger partial charge is 0.341 e. The number of halogens is 1. The second-order valence-electron chi connectivity index (χ2n) is 6.19. The Hall–Kier alpha value is -1.34. The highest BCUT2D eigenvalue weighted by Crippen LogP contribution is 2.28. The van der Waals surface area contributed by atoms with Crippen molar-refractivity contribution in [3.8, 4) is 0 Å². The van der Waals surface area contributed by atoms with Crippen LogP contribution >= 0.6 is 12.4 Å². The number of likely N-dealkylation sites (tertiary alicyclic amines) is 1. The molecular weight excluding hydrogens is 308 g/mol. The Balaban J connectivity index is 0.00000242. The summed E-state index contributed by atoms with van der Waals surface area (Å²) in [5, 5.41) is 0. The molecule has 2 heterocycles. The van der Waals surface area contributed by atoms with Crippen LogP contribution in [0.3, 0.4) is 0 Å². The molecular formula is C14H25ClN4O3. The van der Waals surface area contributed by atoms with Crippen LogP contribution in [0.5, 0.6) is 0 Å². The summed E-state index contributed by atoms with van der Waals surface area (Å²) < 4.78 is 0. The van der Waals surface area contributed by atoms with Gasteiger partial charge < -0.3 is 20.4 Å². The van der Waals surface area contributed by atoms with Gasteiger partial charge in [0.05, 0.1) is 0 Å². The number of hydrogen-bond donors (Lipinski definition) is 1. The number of carbonyl (C=O) groups excluding carboxylic acids is 3. The van der Waals surface area contributed by atoms with Gasteiger partial charge in [-0.2, -0.15) is 0 Å². The quantitative estimate of drug-likeness (QED) is 0.689. The molecule has 0 aromatic carbocycles. The van der Waals surface area contributed by atoms with Crippen molar-refractivity contribution in [1.82, 2.24) is 14.7 Å². The summed E-state index contributed by atoms with van der Waals surface area (Å²) in [6.07, 6.45) is 0.881. The summed E-state index contributed by atoms with van der Waals surface area (Å²) in [4.78, 5) is 40.7. The molecule has 2 fully saturated rings. The van der Waals surface area contributed by atoms with Gasteiger partial charge in [0.1, 0.15) is 6.54 Å². The van der Waals surface area contributed by atoms with Crippen LogP contribution in [0, 0.1) is 5.41 Å². The Labute approximate surface area is 137 Å². The van der Waals surface area contributed by atoms with Crippen LogP contribution in [0.4, 0.5) is 0 Å². The fraction of sp³-hybridized carbons (Fsp3) is 0.786. The van der Waals surface area contributed by atoms with Crippen LogP contribution < -0.4 is 5.73 Å². The number of amides is 3. The van der Waals surface area contributed by atoms with E-state index in [1.165, 1.54) is 9.80 Å². The topological polar surface area (TPSA) is 86.9 Å². The van der Waals surface area contributed by atoms with Crippen LogP contribution in [-0.2, 0) is 14.4 Å². The molecule has 2 aliphatic rings. The zero-order valence-electron chi connectivity index (χ0n) is 13.2. The smallest absolute Gasteiger partial charge is 0.312 e. The Morgan fingerprint density at radius 2 is 1.77 bits per heavy atom. The SMILES string of the molecule is CCN1CCN(CC(=O)N2CCC(C)(CN)C2)C(=O)C1=O.Cl. The van der Waals surface area contributed by atoms with Gasteiger partial charge >= 0.3 is 11.8 Å². The first-order chi connectivity index (χ1) is 9.90. The van der Waals surface area contributed by atoms with Crippen molar-refractivity contribution in [2.45, 2.75) is 20.3 Å². The van der Waals surface area contributed by atoms with E-state index in [0.29, 0.717) is 39.3 Å². The average Bonchev–Trinajstić information content (AvgIpc) is 2.87. The lowest BCUT2D eigenvalue weighted by molar-refractivity contribution is -0.157. The normalized spacial score (nSPS) is 25.5. The second kappa shape index (κ2) is 7.28. The first-order valence-electron chi connectivity index (χ1n) is 7.46. The van der Waals surface area contributed by atoms with E-state index in [0.717, 1.165) is 6.42 Å². The molecule has 0 saturated carbocycles. The predicted octanol–water partition coefficient (Wildman–Crippen LogP) is -0.704. The molecule has 2 aliphatic heterocycles. The Morgan fingerprint density at radius 3 is 2.32 bits per heavy atom. The third kappa shape index (κ3) is 3.70. The van der Waals surface area contributed by atoms with E-state index in [9.17, 15) is 14.4 Å². The summed E-state index contributed by atoms with van der Waals surface area (Å²) in [5.41, 5.74) is 5.70. The number of nitrogens with two attached hydrogens (primary N) is 1. The minimum atomic E-state index is -0.572. The molecule has 2 rings (SSSR count). The van der Waals surface area contributed by atoms with Gasteiger partial charge in [0, 0.05) is 32.7 Å². The van der Waals surface area contributed by atoms with Crippen molar-refractivity contribution in [3.05, 3.63) is 0 Å². The molecule has 0 radical (unpaired) electrons. The molecule has 126 valence electrons. The minimum absolute atomic E-state index is 0. The molecule has 0 aromatic heterocycles. The van der Waals surface area contributed by atoms with Gasteiger partial charge in [0.25, 0.3) is 0 Å². The summed E-state index contributed by atoms with van der Waals surface area (Å²) in [6, 6.07) is 0. The summed E-state index contributed by atoms with van der Waals surface area (Å²) in [6.45, 7) is 7.17. The van der Waals surface area contributed by atoms with Gasteiger partial charge in [0.2, 0.25) is 5.91 Å². The Bertz CT molecular complexity index is 459. The van der Waals surface area contributed by atoms with Gasteiger partial charge in [-0.25, -0.2) is 0 Å². The first kappa shape index (κ1) is 18.7. The van der Waals surface area contributed by atoms with Gasteiger partial charge in [-0.3, -0.25) is 14.4 Å². The maximum atomic E-state index is 12.3. The number of hydrogen-bond acceptors (Lipinski definition) is 4. The van der Waals surface area contributed by atoms with E-state index in [1.807, 2.05) is 6.92 Å². The molecule has 2 N–H and O–H groups in total. The maximum absolute atomic E-state index is 12.3. The fourth-order valence-electron chi connectivity index (χ4n) is 2.83. The van der Waals surface area contributed by atoms with Crippen molar-refractivity contribution in [2.24, 2.45) is 11.1 Å². The third-order valence-electron chi connectivity index (χ3n) is 4.51. The van der Waals surface area contributed by atoms with Crippen LogP contribution in [0.25, 0.3) is 0 Å². The number of piperazine rings is 1. The van der Waals surface area contributed by atoms with E-state index in [4.69, 9.17) is 5.73 Å². The lowest BCUT2D eigenvalue weighted by Gasteiger charge is -2.33. The molecule has 1 atom stereocenters. The minimum Gasteiger partial charge on any atom is -0.341 e. The highest BCUT2D eigenvalue weighted by Gasteiger charge is 2.37. The van der Waals surface area contributed by atoms with Crippen LogP contribution in [0.15, 0.2) is 0 Å². The van der Waals surface area contributed by atoms with Crippen molar-refractivity contribution in [1.29, 1.82) is 0 Å². The number of carbonyl (C=O) groups is 3. The fourth-order valence-corrected chi connectivity index (χ4v) is 2.83. The van der Waals surface area contributed by atoms with Crippen LogP contribution in [-0.4, -0.2) is 78.2 Å². The van der Waals surface area contributed by atoms with E-state index in [1.54, 1.807) is 4.90 Å². The van der Waals surface area contributed by atoms with Gasteiger partial charge in [-0.05, 0) is 25.3 Å². The number of rotatable bonds is 4. The van der Waals surface area contributed by atoms with E-state index in [2.05, 4.69) is 6.92 Å². The molecule has 7 nitrogen and oxygen atoms in total. The second-order valence-corrected chi connectivity index (χ2v) is 6.19. The Morgan fingerprint density at radius 1 is 1.18 bits per heavy atom. The van der Waals surface area contributed by atoms with E-state index in [-0.39, 0.29) is 30.3 Å². The zero-order chi connectivity index (χ0) is 15.6. The number of nitrogens with zero attached hydrogens (tertiary/aromatic N) is 3. The predicted molar refractivity (Wildman–Crippen MR) is 84.4 cm³/mol. The highest BCUT2D eigenvalue weighted by atomic mass is 35.5. The zero-order valence-corrected chi connectivity index (χ0v) is 14.0. The summed E-state index contributed by atoms with van der Waals surface area (Å²) >= 11 is 0. The van der Waals surface area contributed by atoms with Crippen molar-refractivity contribution in [2.75, 3.05) is 45.8 Å². The molecule has 0 aromatic rings. The summed E-state index contributed by atoms with van der Waals surface area (Å²) in [5.74, 6) is -1.18. The Kier molecular flexibility index (Phi) is 6.19. The molecule has 1 unspecified atom stereocenters. The molecule has 3 amide bonds. The molecule has 0 aliphatic carbocycles. The molecule has 8 heteroatoms. The van der Waals surface area contributed by atoms with Crippen molar-refractivity contribution in [3.63, 3.8) is 0 Å². The molecule has 2 saturated heterocycles. The molecule has 0 spiro atoms. The summed E-state index contributed by atoms with van der Waals surface area (Å²) in [7, 11) is 0. The van der Waals surface area contributed by atoms with E-state index < -0.39 is 11.8 Å². The van der Waals surface area contributed by atoms with Gasteiger partial charge in [0.15, 0.2) is 0 Å². The van der Waals surface area contributed by atoms with Crippen molar-refractivity contribution >= 4 is 30.1 Å². The lowest BCUT2D eigenvalue weighted by atomic mass is 9.90. The third-order valence-corrected chi connectivity index (χ3v) is 4.51. The van der Waals surface area contributed by atoms with Crippen LogP contribution in [0.2, 0.25) is 0 Å². The molecule has 22 heavy (non-hydrogen) atoms. The molecule has 0 bridgehead atoms. The monoisotopic (exact) mass is 332 g/mol. The van der Waals surface area contributed by atoms with Gasteiger partial charge in [-0.15, -0.1) is 12.4 Å². The van der Waals surface area contributed by atoms with E-state index >= 15 is 0 Å². The lowest BCUT2D eigenvalue weighted by Crippen LogP contribution is -2.56. The first-order valence-corrected chi connectivity index (χ1v) is 7.46. The van der Waals surface area contributed by atoms with Gasteiger partial charge in [-0.1, -0.05) is 6.92 Å². The highest BCUT2D eigenvalue weighted by molar-refractivity contribution is 6.35. The van der Waals surface area contributed by atoms with Crippen LogP contribution in [0.1, 0.15) is 20.3 Å². The average molecular weight is 333 g/mol. The van der Waals surface area contributed by atoms with Crippen molar-refractivity contribution < 1.29 is 14.4 Å².